The third-order valence-electron chi connectivity index (χ3n) is 7.90. The van der Waals surface area contributed by atoms with Crippen LogP contribution in [0.3, 0.4) is 0 Å². The van der Waals surface area contributed by atoms with Crippen molar-refractivity contribution in [2.75, 3.05) is 46.4 Å². The summed E-state index contributed by atoms with van der Waals surface area (Å²) < 4.78 is 5.58. The van der Waals surface area contributed by atoms with Crippen molar-refractivity contribution in [2.45, 2.75) is 69.5 Å². The van der Waals surface area contributed by atoms with Crippen LogP contribution < -0.4 is 10.6 Å². The van der Waals surface area contributed by atoms with Crippen molar-refractivity contribution in [3.8, 4) is 6.07 Å². The van der Waals surface area contributed by atoms with Crippen LogP contribution in [-0.2, 0) is 16.1 Å². The summed E-state index contributed by atoms with van der Waals surface area (Å²) in [6, 6.07) is 12.2. The highest BCUT2D eigenvalue weighted by atomic mass is 16.5. The zero-order valence-electron chi connectivity index (χ0n) is 21.8. The maximum atomic E-state index is 13.8. The standard InChI is InChI=1S/C28H42N6O2/c1-33-14-12-28(22-29,13-15-33)32-26(35)25(20-23-8-4-2-5-9-23)31-27(34-16-18-36-19-17-34)30-21-24-10-6-3-7-11-24/h3,6-7,10-11,23,25H,2,4-5,8-9,12-21H2,1H3,(H,30,31)(H,32,35). The van der Waals surface area contributed by atoms with Gasteiger partial charge in [-0.05, 0) is 37.8 Å². The van der Waals surface area contributed by atoms with Crippen molar-refractivity contribution in [1.29, 1.82) is 5.26 Å². The molecule has 1 atom stereocenters. The fraction of sp³-hybridized carbons (Fsp3) is 0.679. The topological polar surface area (TPSA) is 93.0 Å². The fourth-order valence-electron chi connectivity index (χ4n) is 5.49. The average Bonchev–Trinajstić information content (AvgIpc) is 2.93. The number of guanidine groups is 1. The number of nitrogens with one attached hydrogen (secondary N) is 2. The molecule has 196 valence electrons. The Kier molecular flexibility index (Phi) is 9.60. The molecule has 0 spiro atoms. The van der Waals surface area contributed by atoms with E-state index < -0.39 is 11.6 Å². The van der Waals surface area contributed by atoms with Crippen LogP contribution >= 0.6 is 0 Å². The first kappa shape index (κ1) is 26.4. The van der Waals surface area contributed by atoms with Crippen molar-refractivity contribution in [2.24, 2.45) is 10.9 Å². The molecular formula is C28H42N6O2. The fourth-order valence-corrected chi connectivity index (χ4v) is 5.49. The summed E-state index contributed by atoms with van der Waals surface area (Å²) in [6.07, 6.45) is 8.13. The molecule has 1 saturated carbocycles. The number of nitrogens with zero attached hydrogens (tertiary/aromatic N) is 4. The van der Waals surface area contributed by atoms with Crippen LogP contribution in [-0.4, -0.2) is 79.7 Å². The van der Waals surface area contributed by atoms with E-state index in [4.69, 9.17) is 9.73 Å². The Balaban J connectivity index is 1.53. The third kappa shape index (κ3) is 7.44. The third-order valence-corrected chi connectivity index (χ3v) is 7.90. The molecule has 1 unspecified atom stereocenters. The van der Waals surface area contributed by atoms with E-state index >= 15 is 0 Å². The highest BCUT2D eigenvalue weighted by Crippen LogP contribution is 2.28. The van der Waals surface area contributed by atoms with Gasteiger partial charge in [-0.15, -0.1) is 0 Å². The minimum atomic E-state index is -0.795. The number of ether oxygens (including phenoxy) is 1. The van der Waals surface area contributed by atoms with Crippen molar-refractivity contribution < 1.29 is 9.53 Å². The number of hydrogen-bond donors (Lipinski definition) is 2. The minimum absolute atomic E-state index is 0.0765. The molecule has 2 N–H and O–H groups in total. The van der Waals surface area contributed by atoms with Crippen LogP contribution in [0.4, 0.5) is 0 Å². The van der Waals surface area contributed by atoms with Crippen molar-refractivity contribution in [1.82, 2.24) is 20.4 Å². The van der Waals surface area contributed by atoms with Gasteiger partial charge in [-0.2, -0.15) is 5.26 Å². The summed E-state index contributed by atoms with van der Waals surface area (Å²) in [4.78, 5) is 23.2. The number of likely N-dealkylation sites (tertiary alicyclic amines) is 1. The first-order valence-electron chi connectivity index (χ1n) is 13.7. The Bertz CT molecular complexity index is 894. The number of carbonyl (C=O) groups excluding carboxylic acids is 1. The van der Waals surface area contributed by atoms with E-state index in [9.17, 15) is 10.1 Å². The number of piperidine rings is 1. The first-order chi connectivity index (χ1) is 17.6. The second-order valence-electron chi connectivity index (χ2n) is 10.6. The Morgan fingerprint density at radius 1 is 1.14 bits per heavy atom. The molecule has 1 amide bonds. The average molecular weight is 495 g/mol. The van der Waals surface area contributed by atoms with Gasteiger partial charge in [0.25, 0.3) is 0 Å². The second kappa shape index (κ2) is 13.1. The lowest BCUT2D eigenvalue weighted by Gasteiger charge is -2.38. The quantitative estimate of drug-likeness (QED) is 0.447. The minimum Gasteiger partial charge on any atom is -0.378 e. The number of amides is 1. The maximum Gasteiger partial charge on any atom is 0.243 e. The molecule has 1 aliphatic carbocycles. The van der Waals surface area contributed by atoms with E-state index in [1.807, 2.05) is 18.2 Å². The second-order valence-corrected chi connectivity index (χ2v) is 10.6. The lowest BCUT2D eigenvalue weighted by Crippen LogP contribution is -2.60. The number of nitriles is 1. The predicted molar refractivity (Wildman–Crippen MR) is 141 cm³/mol. The molecule has 2 heterocycles. The van der Waals surface area contributed by atoms with Crippen molar-refractivity contribution >= 4 is 11.9 Å². The summed E-state index contributed by atoms with van der Waals surface area (Å²) in [5.41, 5.74) is 0.337. The molecule has 4 rings (SSSR count). The Morgan fingerprint density at radius 2 is 1.83 bits per heavy atom. The van der Waals surface area contributed by atoms with E-state index in [-0.39, 0.29) is 5.91 Å². The SMILES string of the molecule is CN1CCC(C#N)(NC(=O)C(CC2CCCCC2)NC(=NCc2ccccc2)N2CCOCC2)CC1. The van der Waals surface area contributed by atoms with E-state index in [0.29, 0.717) is 38.5 Å². The van der Waals surface area contributed by atoms with Gasteiger partial charge in [0.2, 0.25) is 5.91 Å². The zero-order chi connectivity index (χ0) is 25.2. The van der Waals surface area contributed by atoms with E-state index in [1.165, 1.54) is 19.3 Å². The van der Waals surface area contributed by atoms with Crippen LogP contribution in [0.2, 0.25) is 0 Å². The molecule has 1 aromatic carbocycles. The summed E-state index contributed by atoms with van der Waals surface area (Å²) in [5.74, 6) is 1.19. The number of morpholine rings is 1. The molecule has 0 aromatic heterocycles. The van der Waals surface area contributed by atoms with Crippen LogP contribution in [0, 0.1) is 17.2 Å². The van der Waals surface area contributed by atoms with Gasteiger partial charge in [0.1, 0.15) is 11.6 Å². The predicted octanol–water partition coefficient (Wildman–Crippen LogP) is 2.91. The molecule has 0 bridgehead atoms. The normalized spacial score (nSPS) is 22.4. The van der Waals surface area contributed by atoms with Gasteiger partial charge in [-0.25, -0.2) is 4.99 Å². The molecule has 2 aliphatic heterocycles. The Hall–Kier alpha value is -2.63. The number of carbonyl (C=O) groups is 1. The lowest BCUT2D eigenvalue weighted by molar-refractivity contribution is -0.125. The smallest absolute Gasteiger partial charge is 0.243 e. The molecule has 1 aromatic rings. The van der Waals surface area contributed by atoms with Gasteiger partial charge in [-0.1, -0.05) is 62.4 Å². The van der Waals surface area contributed by atoms with Gasteiger partial charge < -0.3 is 25.2 Å². The number of benzene rings is 1. The number of rotatable bonds is 7. The summed E-state index contributed by atoms with van der Waals surface area (Å²) in [6.45, 7) is 4.96. The molecular weight excluding hydrogens is 452 g/mol. The van der Waals surface area contributed by atoms with Crippen molar-refractivity contribution in [3.63, 3.8) is 0 Å². The molecule has 2 saturated heterocycles. The number of aliphatic imine (C=N–C) groups is 1. The summed E-state index contributed by atoms with van der Waals surface area (Å²) >= 11 is 0. The molecule has 3 fully saturated rings. The van der Waals surface area contributed by atoms with Gasteiger partial charge in [0, 0.05) is 26.2 Å². The van der Waals surface area contributed by atoms with E-state index in [2.05, 4.69) is 45.7 Å². The highest BCUT2D eigenvalue weighted by Gasteiger charge is 2.38. The Morgan fingerprint density at radius 3 is 2.50 bits per heavy atom. The van der Waals surface area contributed by atoms with E-state index in [1.54, 1.807) is 0 Å². The molecule has 3 aliphatic rings. The summed E-state index contributed by atoms with van der Waals surface area (Å²) in [7, 11) is 2.06. The van der Waals surface area contributed by atoms with Crippen LogP contribution in [0.15, 0.2) is 35.3 Å². The van der Waals surface area contributed by atoms with Crippen molar-refractivity contribution in [3.05, 3.63) is 35.9 Å². The first-order valence-corrected chi connectivity index (χ1v) is 13.7. The molecule has 8 nitrogen and oxygen atoms in total. The van der Waals surface area contributed by atoms with Gasteiger partial charge in [0.15, 0.2) is 5.96 Å². The van der Waals surface area contributed by atoms with Crippen LogP contribution in [0.25, 0.3) is 0 Å². The maximum absolute atomic E-state index is 13.8. The zero-order valence-corrected chi connectivity index (χ0v) is 21.8. The van der Waals surface area contributed by atoms with Gasteiger partial charge in [0.05, 0.1) is 25.8 Å². The largest absolute Gasteiger partial charge is 0.378 e. The van der Waals surface area contributed by atoms with E-state index in [0.717, 1.165) is 57.0 Å². The molecule has 8 heteroatoms. The van der Waals surface area contributed by atoms with Crippen LogP contribution in [0.1, 0.15) is 56.9 Å². The Labute approximate surface area is 216 Å². The van der Waals surface area contributed by atoms with Gasteiger partial charge >= 0.3 is 0 Å². The number of hydrogen-bond acceptors (Lipinski definition) is 5. The highest BCUT2D eigenvalue weighted by molar-refractivity contribution is 5.89. The van der Waals surface area contributed by atoms with Crippen LogP contribution in [0.5, 0.6) is 0 Å². The molecule has 36 heavy (non-hydrogen) atoms. The van der Waals surface area contributed by atoms with Gasteiger partial charge in [-0.3, -0.25) is 4.79 Å². The monoisotopic (exact) mass is 494 g/mol. The molecule has 0 radical (unpaired) electrons. The lowest BCUT2D eigenvalue weighted by atomic mass is 9.84. The summed E-state index contributed by atoms with van der Waals surface area (Å²) in [5, 5.41) is 16.8.